The molecule has 0 saturated carbocycles. The van der Waals surface area contributed by atoms with E-state index in [9.17, 15) is 4.79 Å². The van der Waals surface area contributed by atoms with Crippen molar-refractivity contribution in [1.29, 1.82) is 0 Å². The van der Waals surface area contributed by atoms with Crippen LogP contribution in [-0.2, 0) is 4.74 Å². The summed E-state index contributed by atoms with van der Waals surface area (Å²) in [5.74, 6) is 0.197. The van der Waals surface area contributed by atoms with Crippen molar-refractivity contribution in [2.75, 3.05) is 40.1 Å². The minimum atomic E-state index is -0.358. The smallest absolute Gasteiger partial charge is 0.338 e. The predicted molar refractivity (Wildman–Crippen MR) is 70.9 cm³/mol. The van der Waals surface area contributed by atoms with Gasteiger partial charge in [-0.1, -0.05) is 0 Å². The molecule has 0 aliphatic rings. The van der Waals surface area contributed by atoms with Gasteiger partial charge in [0.15, 0.2) is 0 Å². The molecule has 0 fully saturated rings. The van der Waals surface area contributed by atoms with Gasteiger partial charge in [-0.05, 0) is 38.7 Å². The number of carbonyl (C=O) groups is 1. The fraction of sp³-hybridized carbons (Fsp3) is 0.462. The number of nitrogens with two attached hydrogens (primary N) is 1. The van der Waals surface area contributed by atoms with Crippen molar-refractivity contribution in [1.82, 2.24) is 4.90 Å². The van der Waals surface area contributed by atoms with E-state index >= 15 is 0 Å². The molecule has 0 amide bonds. The number of hydrogen-bond donors (Lipinski definition) is 1. The molecule has 18 heavy (non-hydrogen) atoms. The van der Waals surface area contributed by atoms with E-state index in [2.05, 4.69) is 0 Å². The van der Waals surface area contributed by atoms with Gasteiger partial charge in [0.2, 0.25) is 0 Å². The third kappa shape index (κ3) is 4.25. The molecule has 0 radical (unpaired) electrons. The zero-order valence-corrected chi connectivity index (χ0v) is 11.1. The maximum absolute atomic E-state index is 11.7. The zero-order chi connectivity index (χ0) is 13.5. The molecule has 1 aromatic rings. The largest absolute Gasteiger partial charge is 0.495 e. The van der Waals surface area contributed by atoms with Crippen molar-refractivity contribution < 1.29 is 14.3 Å². The Bertz CT molecular complexity index is 405. The van der Waals surface area contributed by atoms with E-state index < -0.39 is 0 Å². The average molecular weight is 252 g/mol. The molecule has 5 heteroatoms. The maximum Gasteiger partial charge on any atom is 0.338 e. The summed E-state index contributed by atoms with van der Waals surface area (Å²) in [5, 5.41) is 0. The summed E-state index contributed by atoms with van der Waals surface area (Å²) >= 11 is 0. The highest BCUT2D eigenvalue weighted by Crippen LogP contribution is 2.22. The Morgan fingerprint density at radius 1 is 1.39 bits per heavy atom. The van der Waals surface area contributed by atoms with Crippen LogP contribution in [0.5, 0.6) is 5.75 Å². The van der Waals surface area contributed by atoms with E-state index in [1.807, 2.05) is 19.0 Å². The molecule has 0 bridgehead atoms. The molecule has 1 rings (SSSR count). The molecule has 5 nitrogen and oxygen atoms in total. The van der Waals surface area contributed by atoms with Gasteiger partial charge in [0.05, 0.1) is 25.0 Å². The summed E-state index contributed by atoms with van der Waals surface area (Å²) in [6.07, 6.45) is 0.810. The van der Waals surface area contributed by atoms with E-state index in [0.29, 0.717) is 23.6 Å². The lowest BCUT2D eigenvalue weighted by atomic mass is 10.2. The van der Waals surface area contributed by atoms with Gasteiger partial charge in [-0.25, -0.2) is 4.79 Å². The molecule has 0 aliphatic heterocycles. The second kappa shape index (κ2) is 6.86. The summed E-state index contributed by atoms with van der Waals surface area (Å²) < 4.78 is 10.2. The predicted octanol–water partition coefficient (Wildman–Crippen LogP) is 1.39. The van der Waals surface area contributed by atoms with Gasteiger partial charge in [0.25, 0.3) is 0 Å². The molecule has 0 heterocycles. The van der Waals surface area contributed by atoms with Crippen LogP contribution in [0, 0.1) is 0 Å². The van der Waals surface area contributed by atoms with Gasteiger partial charge in [0.1, 0.15) is 5.75 Å². The fourth-order valence-corrected chi connectivity index (χ4v) is 1.49. The minimum absolute atomic E-state index is 0.358. The van der Waals surface area contributed by atoms with Gasteiger partial charge in [-0.15, -0.1) is 0 Å². The number of esters is 1. The van der Waals surface area contributed by atoms with Crippen molar-refractivity contribution in [3.63, 3.8) is 0 Å². The highest BCUT2D eigenvalue weighted by Gasteiger charge is 2.09. The van der Waals surface area contributed by atoms with Gasteiger partial charge in [-0.3, -0.25) is 0 Å². The number of anilines is 1. The molecule has 1 aromatic carbocycles. The molecule has 0 aliphatic carbocycles. The van der Waals surface area contributed by atoms with E-state index in [4.69, 9.17) is 15.2 Å². The molecule has 0 unspecified atom stereocenters. The van der Waals surface area contributed by atoms with Crippen LogP contribution in [0.1, 0.15) is 16.8 Å². The second-order valence-electron chi connectivity index (χ2n) is 4.25. The van der Waals surface area contributed by atoms with Crippen LogP contribution in [-0.4, -0.2) is 45.2 Å². The lowest BCUT2D eigenvalue weighted by Gasteiger charge is -2.10. The standard InChI is InChI=1S/C13H20N2O3/c1-15(2)7-4-8-18-13(16)10-5-6-12(17-3)11(14)9-10/h5-6,9H,4,7-8,14H2,1-3H3. The van der Waals surface area contributed by atoms with Crippen LogP contribution >= 0.6 is 0 Å². The van der Waals surface area contributed by atoms with Crippen molar-refractivity contribution >= 4 is 11.7 Å². The number of hydrogen-bond acceptors (Lipinski definition) is 5. The first-order valence-electron chi connectivity index (χ1n) is 5.80. The Hall–Kier alpha value is -1.75. The van der Waals surface area contributed by atoms with Crippen molar-refractivity contribution in [2.24, 2.45) is 0 Å². The number of carbonyl (C=O) groups excluding carboxylic acids is 1. The number of ether oxygens (including phenoxy) is 2. The maximum atomic E-state index is 11.7. The minimum Gasteiger partial charge on any atom is -0.495 e. The lowest BCUT2D eigenvalue weighted by molar-refractivity contribution is 0.0493. The first kappa shape index (κ1) is 14.3. The Labute approximate surface area is 107 Å². The number of nitrogen functional groups attached to an aromatic ring is 1. The van der Waals surface area contributed by atoms with Crippen molar-refractivity contribution in [2.45, 2.75) is 6.42 Å². The Morgan fingerprint density at radius 3 is 2.67 bits per heavy atom. The summed E-state index contributed by atoms with van der Waals surface area (Å²) in [6, 6.07) is 4.86. The number of nitrogens with zero attached hydrogens (tertiary/aromatic N) is 1. The van der Waals surface area contributed by atoms with Crippen LogP contribution in [0.15, 0.2) is 18.2 Å². The first-order chi connectivity index (χ1) is 8.54. The summed E-state index contributed by atoms with van der Waals surface area (Å²) in [6.45, 7) is 1.29. The third-order valence-corrected chi connectivity index (χ3v) is 2.45. The van der Waals surface area contributed by atoms with Gasteiger partial charge in [-0.2, -0.15) is 0 Å². The molecule has 0 spiro atoms. The number of rotatable bonds is 6. The molecule has 2 N–H and O–H groups in total. The van der Waals surface area contributed by atoms with Gasteiger partial charge >= 0.3 is 5.97 Å². The molecule has 0 saturated heterocycles. The van der Waals surface area contributed by atoms with Crippen molar-refractivity contribution in [3.05, 3.63) is 23.8 Å². The van der Waals surface area contributed by atoms with Gasteiger partial charge in [0, 0.05) is 6.54 Å². The topological polar surface area (TPSA) is 64.8 Å². The monoisotopic (exact) mass is 252 g/mol. The van der Waals surface area contributed by atoms with E-state index in [0.717, 1.165) is 13.0 Å². The van der Waals surface area contributed by atoms with Crippen molar-refractivity contribution in [3.8, 4) is 5.75 Å². The SMILES string of the molecule is COc1ccc(C(=O)OCCCN(C)C)cc1N. The first-order valence-corrected chi connectivity index (χ1v) is 5.80. The van der Waals surface area contributed by atoms with Crippen LogP contribution in [0.25, 0.3) is 0 Å². The number of benzene rings is 1. The van der Waals surface area contributed by atoms with E-state index in [-0.39, 0.29) is 5.97 Å². The Balaban J connectivity index is 2.49. The molecule has 0 aromatic heterocycles. The summed E-state index contributed by atoms with van der Waals surface area (Å²) in [5.41, 5.74) is 6.60. The van der Waals surface area contributed by atoms with Crippen LogP contribution in [0.3, 0.4) is 0 Å². The second-order valence-corrected chi connectivity index (χ2v) is 4.25. The van der Waals surface area contributed by atoms with E-state index in [1.165, 1.54) is 7.11 Å². The highest BCUT2D eigenvalue weighted by molar-refractivity contribution is 5.91. The van der Waals surface area contributed by atoms with Crippen LogP contribution in [0.2, 0.25) is 0 Å². The summed E-state index contributed by atoms with van der Waals surface area (Å²) in [4.78, 5) is 13.7. The third-order valence-electron chi connectivity index (χ3n) is 2.45. The normalized spacial score (nSPS) is 10.4. The molecule has 0 atom stereocenters. The fourth-order valence-electron chi connectivity index (χ4n) is 1.49. The highest BCUT2D eigenvalue weighted by atomic mass is 16.5. The van der Waals surface area contributed by atoms with E-state index in [1.54, 1.807) is 18.2 Å². The average Bonchev–Trinajstić information content (AvgIpc) is 2.34. The quantitative estimate of drug-likeness (QED) is 0.471. The number of methoxy groups -OCH3 is 1. The Kier molecular flexibility index (Phi) is 5.45. The van der Waals surface area contributed by atoms with Crippen LogP contribution in [0.4, 0.5) is 5.69 Å². The molecular weight excluding hydrogens is 232 g/mol. The molecular formula is C13H20N2O3. The molecule has 100 valence electrons. The summed E-state index contributed by atoms with van der Waals surface area (Å²) in [7, 11) is 5.49. The van der Waals surface area contributed by atoms with Gasteiger partial charge < -0.3 is 20.1 Å². The Morgan fingerprint density at radius 2 is 2.11 bits per heavy atom. The van der Waals surface area contributed by atoms with Crippen LogP contribution < -0.4 is 10.5 Å². The zero-order valence-electron chi connectivity index (χ0n) is 11.1. The lowest BCUT2D eigenvalue weighted by Crippen LogP contribution is -2.16.